The topological polar surface area (TPSA) is 104 Å². The molecule has 8 nitrogen and oxygen atoms in total. The first-order chi connectivity index (χ1) is 21.2. The number of hydrogen-bond acceptors (Lipinski definition) is 4. The van der Waals surface area contributed by atoms with E-state index in [9.17, 15) is 9.59 Å². The van der Waals surface area contributed by atoms with Crippen molar-refractivity contribution < 1.29 is 9.59 Å². The number of ketones is 1. The zero-order chi connectivity index (χ0) is 30.8. The van der Waals surface area contributed by atoms with E-state index in [-0.39, 0.29) is 29.1 Å². The van der Waals surface area contributed by atoms with Crippen LogP contribution < -0.4 is 16.0 Å². The summed E-state index contributed by atoms with van der Waals surface area (Å²) in [6, 6.07) is 25.2. The Balaban J connectivity index is 1.26. The third kappa shape index (κ3) is 6.31. The van der Waals surface area contributed by atoms with Gasteiger partial charge in [-0.05, 0) is 86.1 Å². The Morgan fingerprint density at radius 2 is 1.70 bits per heavy atom. The van der Waals surface area contributed by atoms with Crippen LogP contribution in [0.5, 0.6) is 0 Å². The highest BCUT2D eigenvalue weighted by Crippen LogP contribution is 2.36. The number of nitrogens with zero attached hydrogens (tertiary/aromatic N) is 2. The normalized spacial score (nSPS) is 14.8. The number of anilines is 2. The zero-order valence-electron chi connectivity index (χ0n) is 25.8. The van der Waals surface area contributed by atoms with E-state index in [4.69, 9.17) is 5.10 Å². The Kier molecular flexibility index (Phi) is 8.10. The molecule has 4 N–H and O–H groups in total. The lowest BCUT2D eigenvalue weighted by molar-refractivity contribution is 0.0916. The molecule has 1 atom stereocenters. The van der Waals surface area contributed by atoms with Crippen molar-refractivity contribution in [3.63, 3.8) is 0 Å². The van der Waals surface area contributed by atoms with Gasteiger partial charge in [-0.3, -0.25) is 10.1 Å². The average molecular weight is 589 g/mol. The largest absolute Gasteiger partial charge is 0.361 e. The number of fused-ring (bicyclic) bond motifs is 1. The minimum Gasteiger partial charge on any atom is -0.361 e. The van der Waals surface area contributed by atoms with Crippen molar-refractivity contribution in [1.29, 1.82) is 0 Å². The van der Waals surface area contributed by atoms with Crippen LogP contribution in [0.2, 0.25) is 0 Å². The van der Waals surface area contributed by atoms with Crippen LogP contribution in [0.15, 0.2) is 85.1 Å². The van der Waals surface area contributed by atoms with Crippen LogP contribution in [0, 0.1) is 12.8 Å². The first kappa shape index (κ1) is 29.4. The molecule has 1 aliphatic rings. The third-order valence-electron chi connectivity index (χ3n) is 8.48. The number of Topliss-reactive ketones (excluding diaryl/α,β-unsaturated/α-hetero) is 1. The molecule has 0 saturated carbocycles. The van der Waals surface area contributed by atoms with Crippen LogP contribution in [0.3, 0.4) is 0 Å². The summed E-state index contributed by atoms with van der Waals surface area (Å²) in [7, 11) is 0. The molecule has 5 aromatic rings. The van der Waals surface area contributed by atoms with Crippen molar-refractivity contribution in [2.75, 3.05) is 23.7 Å². The van der Waals surface area contributed by atoms with Crippen molar-refractivity contribution in [3.05, 3.63) is 107 Å². The molecule has 1 saturated heterocycles. The Hall–Kier alpha value is -4.69. The maximum absolute atomic E-state index is 14.1. The second-order valence-electron chi connectivity index (χ2n) is 12.8. The number of rotatable bonds is 7. The number of nitrogens with one attached hydrogen (secondary N) is 4. The zero-order valence-corrected chi connectivity index (χ0v) is 25.8. The number of aromatic amines is 1. The van der Waals surface area contributed by atoms with Gasteiger partial charge in [0.1, 0.15) is 5.82 Å². The fourth-order valence-corrected chi connectivity index (χ4v) is 6.00. The van der Waals surface area contributed by atoms with E-state index in [2.05, 4.69) is 41.7 Å². The molecule has 44 heavy (non-hydrogen) atoms. The Bertz CT molecular complexity index is 1790. The Labute approximate surface area is 258 Å². The smallest absolute Gasteiger partial charge is 0.324 e. The molecular weight excluding hydrogens is 548 g/mol. The van der Waals surface area contributed by atoms with Crippen molar-refractivity contribution >= 4 is 34.2 Å². The van der Waals surface area contributed by atoms with Crippen molar-refractivity contribution in [2.45, 2.75) is 51.9 Å². The fourth-order valence-electron chi connectivity index (χ4n) is 6.00. The van der Waals surface area contributed by atoms with E-state index in [0.717, 1.165) is 59.3 Å². The summed E-state index contributed by atoms with van der Waals surface area (Å²) in [6.07, 6.45) is 3.72. The minimum atomic E-state index is -0.377. The highest BCUT2D eigenvalue weighted by atomic mass is 16.2. The number of benzene rings is 3. The highest BCUT2D eigenvalue weighted by Gasteiger charge is 2.32. The lowest BCUT2D eigenvalue weighted by atomic mass is 9.76. The molecule has 0 spiro atoms. The van der Waals surface area contributed by atoms with Crippen LogP contribution in [-0.4, -0.2) is 39.7 Å². The van der Waals surface area contributed by atoms with Crippen molar-refractivity contribution in [3.8, 4) is 5.69 Å². The minimum absolute atomic E-state index is 0.103. The molecule has 3 heterocycles. The summed E-state index contributed by atoms with van der Waals surface area (Å²) < 4.78 is 1.77. The summed E-state index contributed by atoms with van der Waals surface area (Å²) in [4.78, 5) is 30.7. The number of carbonyl (C=O) groups is 2. The standard InChI is InChI=1S/C36H40N6O2/c1-23-8-12-29(13-9-23)42-32(22-31(41-42)36(2,3)4)40-35(44)39-28-7-5-6-26(20-28)33(25-14-17-37-18-15-25)34(43)27-11-10-24-16-19-38-30(24)21-27/h5-13,16,19-22,25,33,37-38H,14-15,17-18H2,1-4H3,(H2,39,40,44). The molecule has 1 fully saturated rings. The van der Waals surface area contributed by atoms with Gasteiger partial charge in [-0.1, -0.05) is 62.7 Å². The molecule has 0 bridgehead atoms. The second kappa shape index (κ2) is 12.1. The number of H-pyrrole nitrogens is 1. The van der Waals surface area contributed by atoms with Gasteiger partial charge >= 0.3 is 6.03 Å². The van der Waals surface area contributed by atoms with E-state index in [1.807, 2.05) is 92.0 Å². The van der Waals surface area contributed by atoms with Gasteiger partial charge in [-0.15, -0.1) is 0 Å². The fraction of sp³-hybridized carbons (Fsp3) is 0.306. The maximum atomic E-state index is 14.1. The number of amides is 2. The predicted molar refractivity (Wildman–Crippen MR) is 177 cm³/mol. The van der Waals surface area contributed by atoms with Gasteiger partial charge in [0.25, 0.3) is 0 Å². The molecular formula is C36H40N6O2. The lowest BCUT2D eigenvalue weighted by Gasteiger charge is -2.30. The van der Waals surface area contributed by atoms with Gasteiger partial charge in [0.05, 0.1) is 17.3 Å². The van der Waals surface area contributed by atoms with E-state index >= 15 is 0 Å². The number of aromatic nitrogens is 3. The quantitative estimate of drug-likeness (QED) is 0.147. The van der Waals surface area contributed by atoms with Crippen molar-refractivity contribution in [2.24, 2.45) is 5.92 Å². The molecule has 8 heteroatoms. The van der Waals surface area contributed by atoms with Gasteiger partial charge in [-0.2, -0.15) is 5.10 Å². The molecule has 2 amide bonds. The van der Waals surface area contributed by atoms with Crippen molar-refractivity contribution in [1.82, 2.24) is 20.1 Å². The predicted octanol–water partition coefficient (Wildman–Crippen LogP) is 7.57. The maximum Gasteiger partial charge on any atom is 0.324 e. The molecule has 0 radical (unpaired) electrons. The molecule has 2 aromatic heterocycles. The SMILES string of the molecule is Cc1ccc(-n2nc(C(C)(C)C)cc2NC(=O)Nc2cccc(C(C(=O)c3ccc4cc[nH]c4c3)C3CCNCC3)c2)cc1. The number of hydrogen-bond donors (Lipinski definition) is 4. The second-order valence-corrected chi connectivity index (χ2v) is 12.8. The number of carbonyl (C=O) groups excluding carboxylic acids is 2. The summed E-state index contributed by atoms with van der Waals surface area (Å²) in [6.45, 7) is 10.1. The van der Waals surface area contributed by atoms with Gasteiger partial charge < -0.3 is 15.6 Å². The van der Waals surface area contributed by atoms with Crippen LogP contribution in [-0.2, 0) is 5.41 Å². The summed E-state index contributed by atoms with van der Waals surface area (Å²) >= 11 is 0. The first-order valence-corrected chi connectivity index (χ1v) is 15.3. The monoisotopic (exact) mass is 588 g/mol. The molecule has 1 unspecified atom stereocenters. The molecule has 0 aliphatic carbocycles. The summed E-state index contributed by atoms with van der Waals surface area (Å²) in [5, 5.41) is 15.3. The van der Waals surface area contributed by atoms with Gasteiger partial charge in [0.15, 0.2) is 5.78 Å². The highest BCUT2D eigenvalue weighted by molar-refractivity contribution is 6.04. The van der Waals surface area contributed by atoms with Gasteiger partial charge in [0, 0.05) is 34.4 Å². The Morgan fingerprint density at radius 1 is 0.932 bits per heavy atom. The third-order valence-corrected chi connectivity index (χ3v) is 8.48. The van der Waals surface area contributed by atoms with Crippen LogP contribution in [0.25, 0.3) is 16.6 Å². The summed E-state index contributed by atoms with van der Waals surface area (Å²) in [5.74, 6) is 0.570. The number of urea groups is 1. The number of piperidine rings is 1. The van der Waals surface area contributed by atoms with E-state index in [1.54, 1.807) is 4.68 Å². The molecule has 6 rings (SSSR count). The molecule has 1 aliphatic heterocycles. The summed E-state index contributed by atoms with van der Waals surface area (Å²) in [5.41, 5.74) is 5.87. The first-order valence-electron chi connectivity index (χ1n) is 15.3. The molecule has 3 aromatic carbocycles. The van der Waals surface area contributed by atoms with Crippen LogP contribution in [0.4, 0.5) is 16.3 Å². The van der Waals surface area contributed by atoms with Crippen LogP contribution >= 0.6 is 0 Å². The van der Waals surface area contributed by atoms with E-state index in [0.29, 0.717) is 17.1 Å². The van der Waals surface area contributed by atoms with E-state index in [1.165, 1.54) is 0 Å². The van der Waals surface area contributed by atoms with Gasteiger partial charge in [-0.25, -0.2) is 9.48 Å². The van der Waals surface area contributed by atoms with Crippen LogP contribution in [0.1, 0.15) is 66.7 Å². The molecule has 226 valence electrons. The Morgan fingerprint density at radius 3 is 2.45 bits per heavy atom. The van der Waals surface area contributed by atoms with E-state index < -0.39 is 0 Å². The number of aryl methyl sites for hydroxylation is 1. The lowest BCUT2D eigenvalue weighted by Crippen LogP contribution is -2.33. The van der Waals surface area contributed by atoms with Gasteiger partial charge in [0.2, 0.25) is 0 Å². The average Bonchev–Trinajstić information content (AvgIpc) is 3.65.